The fourth-order valence-corrected chi connectivity index (χ4v) is 7.34. The van der Waals surface area contributed by atoms with Gasteiger partial charge >= 0.3 is 0 Å². The van der Waals surface area contributed by atoms with E-state index in [1.165, 1.54) is 34.2 Å². The van der Waals surface area contributed by atoms with E-state index in [9.17, 15) is 9.90 Å². The van der Waals surface area contributed by atoms with Gasteiger partial charge in [0.25, 0.3) is 0 Å². The van der Waals surface area contributed by atoms with Crippen LogP contribution in [0.4, 0.5) is 5.82 Å². The van der Waals surface area contributed by atoms with Gasteiger partial charge in [-0.3, -0.25) is 9.69 Å². The number of aromatic nitrogens is 2. The first kappa shape index (κ1) is 22.9. The average Bonchev–Trinajstić information content (AvgIpc) is 3.53. The van der Waals surface area contributed by atoms with Crippen molar-refractivity contribution in [2.24, 2.45) is 0 Å². The summed E-state index contributed by atoms with van der Waals surface area (Å²) in [7, 11) is 2.10. The molecule has 2 saturated carbocycles. The Bertz CT molecular complexity index is 1020. The van der Waals surface area contributed by atoms with E-state index in [1.807, 2.05) is 6.08 Å². The smallest absolute Gasteiger partial charge is 0.169 e. The maximum Gasteiger partial charge on any atom is 0.169 e. The first-order chi connectivity index (χ1) is 16.1. The van der Waals surface area contributed by atoms with E-state index in [1.54, 1.807) is 17.7 Å². The summed E-state index contributed by atoms with van der Waals surface area (Å²) in [5.41, 5.74) is 2.73. The van der Waals surface area contributed by atoms with Crippen LogP contribution in [0.2, 0.25) is 0 Å². The third-order valence-electron chi connectivity index (χ3n) is 7.88. The van der Waals surface area contributed by atoms with Gasteiger partial charge in [-0.1, -0.05) is 5.57 Å². The second kappa shape index (κ2) is 10.2. The molecule has 33 heavy (non-hydrogen) atoms. The van der Waals surface area contributed by atoms with Crippen molar-refractivity contribution in [1.29, 1.82) is 0 Å². The minimum absolute atomic E-state index is 0.231. The highest BCUT2D eigenvalue weighted by atomic mass is 32.1. The van der Waals surface area contributed by atoms with Gasteiger partial charge in [0.15, 0.2) is 5.78 Å². The summed E-state index contributed by atoms with van der Waals surface area (Å²) in [5, 5.41) is 14.5. The van der Waals surface area contributed by atoms with Gasteiger partial charge in [-0.05, 0) is 95.2 Å². The normalized spacial score (nSPS) is 25.1. The number of nitrogens with one attached hydrogen (secondary N) is 1. The van der Waals surface area contributed by atoms with Gasteiger partial charge in [-0.25, -0.2) is 9.97 Å². The van der Waals surface area contributed by atoms with Crippen molar-refractivity contribution in [2.75, 3.05) is 25.5 Å². The van der Waals surface area contributed by atoms with E-state index < -0.39 is 0 Å². The molecule has 5 rings (SSSR count). The minimum atomic E-state index is 0.231. The summed E-state index contributed by atoms with van der Waals surface area (Å²) in [5.74, 6) is 1.66. The summed E-state index contributed by atoms with van der Waals surface area (Å²) in [6.07, 6.45) is 15.7. The highest BCUT2D eigenvalue weighted by Gasteiger charge is 2.30. The van der Waals surface area contributed by atoms with Crippen LogP contribution < -0.4 is 5.32 Å². The lowest BCUT2D eigenvalue weighted by atomic mass is 9.90. The SMILES string of the molecule is CN(CC(=O)C=C1CCCC1)C1CCC(Nc2ncnc3sc4c(c23)C(CCO)CC4)CC1. The van der Waals surface area contributed by atoms with Crippen molar-refractivity contribution < 1.29 is 9.90 Å². The molecule has 0 spiro atoms. The van der Waals surface area contributed by atoms with E-state index in [2.05, 4.69) is 27.2 Å². The number of hydrogen-bond acceptors (Lipinski definition) is 7. The molecule has 0 amide bonds. The first-order valence-electron chi connectivity index (χ1n) is 12.7. The Morgan fingerprint density at radius 2 is 1.97 bits per heavy atom. The Hall–Kier alpha value is -1.83. The third kappa shape index (κ3) is 5.00. The zero-order chi connectivity index (χ0) is 22.8. The van der Waals surface area contributed by atoms with Gasteiger partial charge in [0, 0.05) is 23.6 Å². The van der Waals surface area contributed by atoms with Crippen molar-refractivity contribution in [3.05, 3.63) is 28.4 Å². The lowest BCUT2D eigenvalue weighted by Gasteiger charge is -2.34. The molecule has 0 aliphatic heterocycles. The number of anilines is 1. The van der Waals surface area contributed by atoms with E-state index in [-0.39, 0.29) is 12.4 Å². The van der Waals surface area contributed by atoms with Crippen LogP contribution in [0.15, 0.2) is 18.0 Å². The van der Waals surface area contributed by atoms with E-state index in [0.29, 0.717) is 24.5 Å². The summed E-state index contributed by atoms with van der Waals surface area (Å²) in [4.78, 5) is 26.4. The predicted molar refractivity (Wildman–Crippen MR) is 134 cm³/mol. The molecule has 6 nitrogen and oxygen atoms in total. The fourth-order valence-electron chi connectivity index (χ4n) is 6.10. The molecule has 3 aliphatic carbocycles. The highest BCUT2D eigenvalue weighted by molar-refractivity contribution is 7.19. The van der Waals surface area contributed by atoms with Crippen molar-refractivity contribution in [2.45, 2.75) is 88.6 Å². The Labute approximate surface area is 200 Å². The maximum atomic E-state index is 12.5. The molecule has 178 valence electrons. The molecule has 0 saturated heterocycles. The van der Waals surface area contributed by atoms with Crippen molar-refractivity contribution in [1.82, 2.24) is 14.9 Å². The van der Waals surface area contributed by atoms with E-state index in [4.69, 9.17) is 0 Å². The van der Waals surface area contributed by atoms with Crippen LogP contribution in [-0.4, -0.2) is 58.0 Å². The zero-order valence-corrected chi connectivity index (χ0v) is 20.5. The molecule has 2 aromatic heterocycles. The number of rotatable bonds is 8. The molecule has 2 N–H and O–H groups in total. The third-order valence-corrected chi connectivity index (χ3v) is 9.06. The number of aliphatic hydroxyl groups excluding tert-OH is 1. The molecule has 1 atom stereocenters. The number of fused-ring (bicyclic) bond motifs is 3. The Morgan fingerprint density at radius 3 is 2.73 bits per heavy atom. The number of thiophene rings is 1. The van der Waals surface area contributed by atoms with E-state index >= 15 is 0 Å². The quantitative estimate of drug-likeness (QED) is 0.541. The number of nitrogens with zero attached hydrogens (tertiary/aromatic N) is 3. The van der Waals surface area contributed by atoms with E-state index in [0.717, 1.165) is 68.4 Å². The predicted octanol–water partition coefficient (Wildman–Crippen LogP) is 4.83. The summed E-state index contributed by atoms with van der Waals surface area (Å²) in [6.45, 7) is 0.765. The van der Waals surface area contributed by atoms with Crippen LogP contribution >= 0.6 is 11.3 Å². The van der Waals surface area contributed by atoms with Crippen LogP contribution in [0.25, 0.3) is 10.2 Å². The van der Waals surface area contributed by atoms with Gasteiger partial charge in [0.2, 0.25) is 0 Å². The summed E-state index contributed by atoms with van der Waals surface area (Å²) >= 11 is 1.80. The number of carbonyl (C=O) groups is 1. The van der Waals surface area contributed by atoms with Crippen LogP contribution in [-0.2, 0) is 11.2 Å². The number of hydrogen-bond donors (Lipinski definition) is 2. The lowest BCUT2D eigenvalue weighted by Crippen LogP contribution is -2.40. The number of aliphatic hydroxyl groups is 1. The van der Waals surface area contributed by atoms with Crippen LogP contribution in [0.1, 0.15) is 80.6 Å². The largest absolute Gasteiger partial charge is 0.396 e. The summed E-state index contributed by atoms with van der Waals surface area (Å²) in [6, 6.07) is 0.871. The molecule has 0 radical (unpaired) electrons. The van der Waals surface area contributed by atoms with Crippen molar-refractivity contribution >= 4 is 33.2 Å². The number of carbonyl (C=O) groups excluding carboxylic acids is 1. The van der Waals surface area contributed by atoms with Gasteiger partial charge in [-0.2, -0.15) is 0 Å². The average molecular weight is 469 g/mol. The topological polar surface area (TPSA) is 78.4 Å². The molecule has 2 aromatic rings. The molecule has 2 fully saturated rings. The molecule has 1 unspecified atom stereocenters. The number of allylic oxidation sites excluding steroid dienone is 1. The number of aryl methyl sites for hydroxylation is 1. The minimum Gasteiger partial charge on any atom is -0.396 e. The van der Waals surface area contributed by atoms with Gasteiger partial charge in [-0.15, -0.1) is 11.3 Å². The molecule has 0 aromatic carbocycles. The lowest BCUT2D eigenvalue weighted by molar-refractivity contribution is -0.116. The highest BCUT2D eigenvalue weighted by Crippen LogP contribution is 2.46. The molecule has 7 heteroatoms. The van der Waals surface area contributed by atoms with Crippen molar-refractivity contribution in [3.8, 4) is 0 Å². The Kier molecular flexibility index (Phi) is 7.09. The standard InChI is InChI=1S/C26H36N4O2S/c1-30(15-21(32)14-17-4-2-3-5-17)20-9-7-19(8-10-20)29-25-24-23-18(12-13-31)6-11-22(23)33-26(24)28-16-27-25/h14,16,18-20,31H,2-13,15H2,1H3,(H,27,28,29). The van der Waals surface area contributed by atoms with Crippen molar-refractivity contribution in [3.63, 3.8) is 0 Å². The van der Waals surface area contributed by atoms with Crippen LogP contribution in [0.5, 0.6) is 0 Å². The second-order valence-corrected chi connectivity index (χ2v) is 11.2. The Balaban J connectivity index is 1.20. The zero-order valence-electron chi connectivity index (χ0n) is 19.7. The molecule has 0 bridgehead atoms. The molecule has 2 heterocycles. The monoisotopic (exact) mass is 468 g/mol. The molecular weight excluding hydrogens is 432 g/mol. The molecular formula is C26H36N4O2S. The molecule has 3 aliphatic rings. The van der Waals surface area contributed by atoms with Crippen LogP contribution in [0, 0.1) is 0 Å². The first-order valence-corrected chi connectivity index (χ1v) is 13.5. The fraction of sp³-hybridized carbons (Fsp3) is 0.654. The maximum absolute atomic E-state index is 12.5. The number of likely N-dealkylation sites (N-methyl/N-ethyl adjacent to an activating group) is 1. The van der Waals surface area contributed by atoms with Gasteiger partial charge in [0.05, 0.1) is 11.9 Å². The van der Waals surface area contributed by atoms with Crippen LogP contribution in [0.3, 0.4) is 0 Å². The van der Waals surface area contributed by atoms with Gasteiger partial charge in [0.1, 0.15) is 17.0 Å². The number of ketones is 1. The second-order valence-electron chi connectivity index (χ2n) is 10.1. The van der Waals surface area contributed by atoms with Gasteiger partial charge < -0.3 is 10.4 Å². The summed E-state index contributed by atoms with van der Waals surface area (Å²) < 4.78 is 0. The Morgan fingerprint density at radius 1 is 1.18 bits per heavy atom.